The number of azo groups is 1. The first kappa shape index (κ1) is 24.2. The quantitative estimate of drug-likeness (QED) is 0.248. The zero-order chi connectivity index (χ0) is 23.2. The van der Waals surface area contributed by atoms with Crippen LogP contribution in [0.3, 0.4) is 0 Å². The molecule has 0 bridgehead atoms. The maximum Gasteiger partial charge on any atom is 0.251 e. The van der Waals surface area contributed by atoms with Gasteiger partial charge in [0.25, 0.3) is 5.91 Å². The molecule has 0 saturated heterocycles. The van der Waals surface area contributed by atoms with Gasteiger partial charge in [0.05, 0.1) is 31.0 Å². The summed E-state index contributed by atoms with van der Waals surface area (Å²) >= 11 is 0. The summed E-state index contributed by atoms with van der Waals surface area (Å²) in [7, 11) is 0. The van der Waals surface area contributed by atoms with Crippen molar-refractivity contribution in [1.82, 2.24) is 21.3 Å². The summed E-state index contributed by atoms with van der Waals surface area (Å²) in [4.78, 5) is 46.3. The Morgan fingerprint density at radius 2 is 1.19 bits per heavy atom. The lowest BCUT2D eigenvalue weighted by Crippen LogP contribution is -2.44. The highest BCUT2D eigenvalue weighted by Crippen LogP contribution is 2.18. The zero-order valence-electron chi connectivity index (χ0n) is 17.3. The molecule has 11 nitrogen and oxygen atoms in total. The minimum atomic E-state index is -0.512. The Balaban J connectivity index is 1.64. The van der Waals surface area contributed by atoms with Crippen molar-refractivity contribution in [3.05, 3.63) is 60.2 Å². The van der Waals surface area contributed by atoms with Crippen LogP contribution in [0.25, 0.3) is 0 Å². The van der Waals surface area contributed by atoms with Crippen molar-refractivity contribution >= 4 is 35.0 Å². The van der Waals surface area contributed by atoms with Crippen molar-refractivity contribution in [3.63, 3.8) is 0 Å². The Hall–Kier alpha value is -4.12. The number of benzene rings is 2. The summed E-state index contributed by atoms with van der Waals surface area (Å²) in [5.41, 5.74) is 6.89. The molecule has 2 aromatic carbocycles. The summed E-state index contributed by atoms with van der Waals surface area (Å²) in [6.45, 7) is -0.326. The molecule has 0 aliphatic carbocycles. The van der Waals surface area contributed by atoms with E-state index in [1.807, 2.05) is 30.3 Å². The van der Waals surface area contributed by atoms with E-state index in [0.717, 1.165) is 5.69 Å². The van der Waals surface area contributed by atoms with Gasteiger partial charge in [-0.25, -0.2) is 0 Å². The monoisotopic (exact) mass is 439 g/mol. The third-order valence-corrected chi connectivity index (χ3v) is 3.98. The number of carbonyl (C=O) groups excluding carboxylic acids is 4. The van der Waals surface area contributed by atoms with E-state index >= 15 is 0 Å². The fourth-order valence-electron chi connectivity index (χ4n) is 2.32. The Morgan fingerprint density at radius 1 is 0.656 bits per heavy atom. The van der Waals surface area contributed by atoms with E-state index < -0.39 is 17.7 Å². The van der Waals surface area contributed by atoms with E-state index in [-0.39, 0.29) is 38.6 Å². The second kappa shape index (κ2) is 13.2. The Kier molecular flexibility index (Phi) is 9.99. The minimum Gasteiger partial charge on any atom is -0.353 e. The summed E-state index contributed by atoms with van der Waals surface area (Å²) < 4.78 is 0. The first-order chi connectivity index (χ1) is 15.5. The molecule has 0 atom stereocenters. The van der Waals surface area contributed by atoms with Crippen LogP contribution in [0.15, 0.2) is 64.8 Å². The van der Waals surface area contributed by atoms with Gasteiger partial charge >= 0.3 is 0 Å². The van der Waals surface area contributed by atoms with Crippen molar-refractivity contribution in [3.8, 4) is 0 Å². The lowest BCUT2D eigenvalue weighted by atomic mass is 10.2. The molecule has 168 valence electrons. The van der Waals surface area contributed by atoms with Crippen LogP contribution in [0.5, 0.6) is 0 Å². The Morgan fingerprint density at radius 3 is 1.81 bits per heavy atom. The van der Waals surface area contributed by atoms with E-state index in [9.17, 15) is 19.2 Å². The number of hydrogen-bond donors (Lipinski definition) is 5. The molecule has 2 rings (SSSR count). The number of amides is 4. The lowest BCUT2D eigenvalue weighted by Gasteiger charge is -2.09. The van der Waals surface area contributed by atoms with E-state index in [1.165, 1.54) is 0 Å². The Labute approximate surface area is 184 Å². The molecule has 0 unspecified atom stereocenters. The van der Waals surface area contributed by atoms with Gasteiger partial charge in [-0.2, -0.15) is 10.2 Å². The van der Waals surface area contributed by atoms with Gasteiger partial charge in [-0.1, -0.05) is 18.2 Å². The number of nitrogens with one attached hydrogen (secondary N) is 4. The largest absolute Gasteiger partial charge is 0.353 e. The van der Waals surface area contributed by atoms with Crippen LogP contribution in [0.4, 0.5) is 11.4 Å². The van der Waals surface area contributed by atoms with Crippen LogP contribution in [0.2, 0.25) is 0 Å². The molecule has 0 heterocycles. The molecule has 0 aliphatic rings. The van der Waals surface area contributed by atoms with Crippen LogP contribution >= 0.6 is 0 Å². The predicted octanol–water partition coefficient (Wildman–Crippen LogP) is 0.139. The number of nitrogens with zero attached hydrogens (tertiary/aromatic N) is 2. The molecule has 6 N–H and O–H groups in total. The molecule has 0 fully saturated rings. The number of hydrogen-bond acceptors (Lipinski definition) is 7. The predicted molar refractivity (Wildman–Crippen MR) is 117 cm³/mol. The maximum absolute atomic E-state index is 12.2. The van der Waals surface area contributed by atoms with Gasteiger partial charge in [-0.05, 0) is 36.4 Å². The van der Waals surface area contributed by atoms with E-state index in [1.54, 1.807) is 24.3 Å². The molecule has 32 heavy (non-hydrogen) atoms. The van der Waals surface area contributed by atoms with Gasteiger partial charge < -0.3 is 27.0 Å². The van der Waals surface area contributed by atoms with Crippen LogP contribution in [0.1, 0.15) is 10.4 Å². The number of rotatable bonds is 11. The van der Waals surface area contributed by atoms with Gasteiger partial charge in [0.15, 0.2) is 0 Å². The van der Waals surface area contributed by atoms with Crippen LogP contribution < -0.4 is 27.0 Å². The van der Waals surface area contributed by atoms with Gasteiger partial charge in [-0.3, -0.25) is 19.2 Å². The summed E-state index contributed by atoms with van der Waals surface area (Å²) in [5.74, 6) is -1.70. The lowest BCUT2D eigenvalue weighted by molar-refractivity contribution is -0.127. The van der Waals surface area contributed by atoms with Crippen molar-refractivity contribution in [2.24, 2.45) is 16.0 Å². The molecule has 2 aromatic rings. The molecule has 0 spiro atoms. The smallest absolute Gasteiger partial charge is 0.251 e. The molecular weight excluding hydrogens is 414 g/mol. The molecule has 11 heteroatoms. The van der Waals surface area contributed by atoms with Crippen LogP contribution in [-0.4, -0.2) is 56.4 Å². The first-order valence-electron chi connectivity index (χ1n) is 9.83. The molecule has 0 aromatic heterocycles. The highest BCUT2D eigenvalue weighted by molar-refractivity contribution is 5.94. The van der Waals surface area contributed by atoms with Crippen LogP contribution in [0, 0.1) is 0 Å². The highest BCUT2D eigenvalue weighted by atomic mass is 16.2. The van der Waals surface area contributed by atoms with Gasteiger partial charge in [0, 0.05) is 18.7 Å². The topological polar surface area (TPSA) is 167 Å². The summed E-state index contributed by atoms with van der Waals surface area (Å²) in [6, 6.07) is 15.9. The SMILES string of the molecule is NCC(=O)NCC(=O)NCC(=O)NCCNC(=O)c1ccc(N=Nc2ccccc2)cc1. The van der Waals surface area contributed by atoms with Crippen molar-refractivity contribution in [2.75, 3.05) is 32.7 Å². The first-order valence-corrected chi connectivity index (χ1v) is 9.83. The molecule has 0 saturated carbocycles. The van der Waals surface area contributed by atoms with Crippen molar-refractivity contribution < 1.29 is 19.2 Å². The standard InChI is InChI=1S/C21H25N7O4/c22-12-18(29)25-14-20(31)26-13-19(30)23-10-11-24-21(32)15-6-8-17(9-7-15)28-27-16-4-2-1-3-5-16/h1-9H,10-14,22H2,(H,23,30)(H,24,32)(H,25,29)(H,26,31). The molecule has 0 aliphatic heterocycles. The molecule has 4 amide bonds. The number of nitrogens with two attached hydrogens (primary N) is 1. The van der Waals surface area contributed by atoms with Gasteiger partial charge in [-0.15, -0.1) is 0 Å². The Bertz CT molecular complexity index is 946. The van der Waals surface area contributed by atoms with Crippen LogP contribution in [-0.2, 0) is 14.4 Å². The fourth-order valence-corrected chi connectivity index (χ4v) is 2.32. The van der Waals surface area contributed by atoms with E-state index in [0.29, 0.717) is 11.3 Å². The average molecular weight is 439 g/mol. The normalized spacial score (nSPS) is 10.4. The van der Waals surface area contributed by atoms with Crippen molar-refractivity contribution in [2.45, 2.75) is 0 Å². The van der Waals surface area contributed by atoms with Crippen molar-refractivity contribution in [1.29, 1.82) is 0 Å². The average Bonchev–Trinajstić information content (AvgIpc) is 2.83. The minimum absolute atomic E-state index is 0.188. The molecule has 0 radical (unpaired) electrons. The second-order valence-electron chi connectivity index (χ2n) is 6.45. The number of carbonyl (C=O) groups is 4. The highest BCUT2D eigenvalue weighted by Gasteiger charge is 2.08. The maximum atomic E-state index is 12.2. The third-order valence-electron chi connectivity index (χ3n) is 3.98. The van der Waals surface area contributed by atoms with Gasteiger partial charge in [0.1, 0.15) is 0 Å². The fraction of sp³-hybridized carbons (Fsp3) is 0.238. The third kappa shape index (κ3) is 9.13. The van der Waals surface area contributed by atoms with E-state index in [2.05, 4.69) is 31.5 Å². The second-order valence-corrected chi connectivity index (χ2v) is 6.45. The summed E-state index contributed by atoms with van der Waals surface area (Å²) in [5, 5.41) is 18.1. The molecular formula is C21H25N7O4. The zero-order valence-corrected chi connectivity index (χ0v) is 17.3. The summed E-state index contributed by atoms with van der Waals surface area (Å²) in [6.07, 6.45) is 0. The van der Waals surface area contributed by atoms with Gasteiger partial charge in [0.2, 0.25) is 17.7 Å². The van der Waals surface area contributed by atoms with E-state index in [4.69, 9.17) is 5.73 Å².